The minimum atomic E-state index is 0.275. The molecule has 0 bridgehead atoms. The lowest BCUT2D eigenvalue weighted by molar-refractivity contribution is 0.415. The zero-order valence-electron chi connectivity index (χ0n) is 7.86. The number of hydrogen-bond acceptors (Lipinski definition) is 2. The summed E-state index contributed by atoms with van der Waals surface area (Å²) in [6.45, 7) is 3.48. The van der Waals surface area contributed by atoms with E-state index in [0.717, 1.165) is 11.4 Å². The Hall–Kier alpha value is -1.57. The second-order valence-corrected chi connectivity index (χ2v) is 2.87. The van der Waals surface area contributed by atoms with E-state index in [1.807, 2.05) is 37.3 Å². The molecule has 68 valence electrons. The highest BCUT2D eigenvalue weighted by Crippen LogP contribution is 2.10. The molecule has 0 heterocycles. The summed E-state index contributed by atoms with van der Waals surface area (Å²) < 4.78 is 0. The Morgan fingerprint density at radius 3 is 2.38 bits per heavy atom. The third-order valence-electron chi connectivity index (χ3n) is 1.48. The third kappa shape index (κ3) is 3.56. The molecule has 13 heavy (non-hydrogen) atoms. The van der Waals surface area contributed by atoms with Gasteiger partial charge in [-0.2, -0.15) is 0 Å². The highest BCUT2D eigenvalue weighted by Gasteiger charge is 1.88. The van der Waals surface area contributed by atoms with Crippen molar-refractivity contribution in [3.63, 3.8) is 0 Å². The van der Waals surface area contributed by atoms with Gasteiger partial charge in [0.25, 0.3) is 0 Å². The average Bonchev–Trinajstić information content (AvgIpc) is 2.04. The molecular weight excluding hydrogens is 162 g/mol. The molecule has 0 aromatic heterocycles. The molecule has 2 heteroatoms. The van der Waals surface area contributed by atoms with Crippen LogP contribution in [0.1, 0.15) is 13.8 Å². The molecule has 0 spiro atoms. The first kappa shape index (κ1) is 9.52. The number of para-hydroxylation sites is 1. The molecule has 0 saturated heterocycles. The number of aliphatic imine (C=N–C) groups is 1. The first-order valence-electron chi connectivity index (χ1n) is 4.16. The molecule has 0 aliphatic rings. The molecule has 1 rings (SSSR count). The van der Waals surface area contributed by atoms with Gasteiger partial charge in [0.1, 0.15) is 0 Å². The van der Waals surface area contributed by atoms with Crippen LogP contribution >= 0.6 is 0 Å². The maximum absolute atomic E-state index is 8.98. The molecule has 2 nitrogen and oxygen atoms in total. The van der Waals surface area contributed by atoms with Crippen LogP contribution in [0.15, 0.2) is 47.2 Å². The van der Waals surface area contributed by atoms with Crippen molar-refractivity contribution in [2.75, 3.05) is 0 Å². The number of benzene rings is 1. The molecule has 1 N–H and O–H groups in total. The second-order valence-electron chi connectivity index (χ2n) is 2.87. The van der Waals surface area contributed by atoms with Crippen molar-refractivity contribution in [3.8, 4) is 0 Å². The van der Waals surface area contributed by atoms with E-state index < -0.39 is 0 Å². The summed E-state index contributed by atoms with van der Waals surface area (Å²) in [5.74, 6) is 0.275. The number of allylic oxidation sites excluding steroid dienone is 2. The van der Waals surface area contributed by atoms with E-state index in [1.54, 1.807) is 13.0 Å². The molecule has 1 aromatic carbocycles. The maximum atomic E-state index is 8.98. The van der Waals surface area contributed by atoms with Crippen molar-refractivity contribution in [2.24, 2.45) is 4.99 Å². The number of aliphatic hydroxyl groups is 1. The van der Waals surface area contributed by atoms with Crippen molar-refractivity contribution in [3.05, 3.63) is 42.2 Å². The van der Waals surface area contributed by atoms with Gasteiger partial charge in [-0.15, -0.1) is 0 Å². The van der Waals surface area contributed by atoms with Crippen LogP contribution in [0.3, 0.4) is 0 Å². The van der Waals surface area contributed by atoms with Gasteiger partial charge < -0.3 is 5.11 Å². The maximum Gasteiger partial charge on any atom is 0.0909 e. The molecular formula is C11H13NO. The van der Waals surface area contributed by atoms with Gasteiger partial charge in [0.05, 0.1) is 11.4 Å². The predicted molar refractivity (Wildman–Crippen MR) is 55.6 cm³/mol. The van der Waals surface area contributed by atoms with Crippen LogP contribution in [-0.2, 0) is 0 Å². The predicted octanol–water partition coefficient (Wildman–Crippen LogP) is 3.24. The van der Waals surface area contributed by atoms with Gasteiger partial charge in [0, 0.05) is 5.71 Å². The van der Waals surface area contributed by atoms with Gasteiger partial charge in [-0.25, -0.2) is 0 Å². The van der Waals surface area contributed by atoms with Crippen LogP contribution in [0.25, 0.3) is 0 Å². The van der Waals surface area contributed by atoms with Gasteiger partial charge >= 0.3 is 0 Å². The highest BCUT2D eigenvalue weighted by atomic mass is 16.3. The number of rotatable bonds is 2. The van der Waals surface area contributed by atoms with E-state index in [0.29, 0.717) is 0 Å². The van der Waals surface area contributed by atoms with E-state index in [9.17, 15) is 0 Å². The van der Waals surface area contributed by atoms with E-state index in [-0.39, 0.29) is 5.76 Å². The lowest BCUT2D eigenvalue weighted by Crippen LogP contribution is -1.85. The Kier molecular flexibility index (Phi) is 3.26. The first-order valence-corrected chi connectivity index (χ1v) is 4.16. The van der Waals surface area contributed by atoms with E-state index in [4.69, 9.17) is 5.11 Å². The van der Waals surface area contributed by atoms with Gasteiger partial charge in [-0.05, 0) is 32.1 Å². The van der Waals surface area contributed by atoms with Gasteiger partial charge in [0.2, 0.25) is 0 Å². The van der Waals surface area contributed by atoms with Crippen molar-refractivity contribution in [2.45, 2.75) is 13.8 Å². The standard InChI is InChI=1S/C11H13NO/c1-9(8-10(2)13)12-11-6-4-3-5-7-11/h3-8,13H,1-2H3/b10-8-,12-9+. The smallest absolute Gasteiger partial charge is 0.0909 e. The van der Waals surface area contributed by atoms with Crippen LogP contribution in [0.2, 0.25) is 0 Å². The molecule has 0 fully saturated rings. The zero-order valence-corrected chi connectivity index (χ0v) is 7.86. The van der Waals surface area contributed by atoms with E-state index >= 15 is 0 Å². The molecule has 0 amide bonds. The van der Waals surface area contributed by atoms with Gasteiger partial charge in [0.15, 0.2) is 0 Å². The fourth-order valence-electron chi connectivity index (χ4n) is 1.04. The number of hydrogen-bond donors (Lipinski definition) is 1. The molecule has 0 atom stereocenters. The molecule has 0 aliphatic carbocycles. The average molecular weight is 175 g/mol. The SMILES string of the molecule is C/C(O)=C/C(C)=N/c1ccccc1. The van der Waals surface area contributed by atoms with Crippen molar-refractivity contribution in [1.29, 1.82) is 0 Å². The largest absolute Gasteiger partial charge is 0.513 e. The van der Waals surface area contributed by atoms with Crippen LogP contribution in [0.5, 0.6) is 0 Å². The Bertz CT molecular complexity index is 321. The Morgan fingerprint density at radius 1 is 1.23 bits per heavy atom. The van der Waals surface area contributed by atoms with Crippen molar-refractivity contribution in [1.82, 2.24) is 0 Å². The summed E-state index contributed by atoms with van der Waals surface area (Å²) in [5.41, 5.74) is 1.70. The van der Waals surface area contributed by atoms with Crippen molar-refractivity contribution < 1.29 is 5.11 Å². The minimum Gasteiger partial charge on any atom is -0.513 e. The Balaban J connectivity index is 2.83. The zero-order chi connectivity index (χ0) is 9.68. The summed E-state index contributed by atoms with van der Waals surface area (Å²) in [4.78, 5) is 4.28. The summed E-state index contributed by atoms with van der Waals surface area (Å²) in [6, 6.07) is 9.65. The number of aliphatic hydroxyl groups excluding tert-OH is 1. The summed E-state index contributed by atoms with van der Waals surface area (Å²) in [5, 5.41) is 8.98. The lowest BCUT2D eigenvalue weighted by atomic mass is 10.3. The van der Waals surface area contributed by atoms with E-state index in [1.165, 1.54) is 0 Å². The first-order chi connectivity index (χ1) is 6.18. The van der Waals surface area contributed by atoms with Crippen LogP contribution in [0, 0.1) is 0 Å². The molecule has 1 aromatic rings. The van der Waals surface area contributed by atoms with Gasteiger partial charge in [-0.3, -0.25) is 4.99 Å². The molecule has 0 radical (unpaired) electrons. The Morgan fingerprint density at radius 2 is 1.85 bits per heavy atom. The quantitative estimate of drug-likeness (QED) is 0.543. The lowest BCUT2D eigenvalue weighted by Gasteiger charge is -1.94. The fraction of sp³-hybridized carbons (Fsp3) is 0.182. The second kappa shape index (κ2) is 4.45. The molecule has 0 saturated carbocycles. The molecule has 0 aliphatic heterocycles. The van der Waals surface area contributed by atoms with Crippen LogP contribution < -0.4 is 0 Å². The molecule has 0 unspecified atom stereocenters. The summed E-state index contributed by atoms with van der Waals surface area (Å²) in [7, 11) is 0. The fourth-order valence-corrected chi connectivity index (χ4v) is 1.04. The minimum absolute atomic E-state index is 0.275. The number of nitrogens with zero attached hydrogens (tertiary/aromatic N) is 1. The summed E-state index contributed by atoms with van der Waals surface area (Å²) >= 11 is 0. The summed E-state index contributed by atoms with van der Waals surface area (Å²) in [6.07, 6.45) is 1.63. The monoisotopic (exact) mass is 175 g/mol. The van der Waals surface area contributed by atoms with Crippen LogP contribution in [0.4, 0.5) is 5.69 Å². The van der Waals surface area contributed by atoms with Gasteiger partial charge in [-0.1, -0.05) is 18.2 Å². The third-order valence-corrected chi connectivity index (χ3v) is 1.48. The Labute approximate surface area is 78.3 Å². The topological polar surface area (TPSA) is 32.6 Å². The van der Waals surface area contributed by atoms with Crippen molar-refractivity contribution >= 4 is 11.4 Å². The highest BCUT2D eigenvalue weighted by molar-refractivity contribution is 5.94. The normalized spacial score (nSPS) is 13.1. The van der Waals surface area contributed by atoms with E-state index in [2.05, 4.69) is 4.99 Å². The van der Waals surface area contributed by atoms with Crippen LogP contribution in [-0.4, -0.2) is 10.8 Å².